The first kappa shape index (κ1) is 20.1. The van der Waals surface area contributed by atoms with Crippen LogP contribution in [0.3, 0.4) is 0 Å². The smallest absolute Gasteiger partial charge is 0.313 e. The Morgan fingerprint density at radius 3 is 2.54 bits per heavy atom. The second-order valence-electron chi connectivity index (χ2n) is 6.25. The first-order valence-electron chi connectivity index (χ1n) is 8.93. The summed E-state index contributed by atoms with van der Waals surface area (Å²) in [4.78, 5) is 12.0. The molecule has 28 heavy (non-hydrogen) atoms. The van der Waals surface area contributed by atoms with Crippen molar-refractivity contribution in [3.8, 4) is 5.75 Å². The molecule has 0 aromatic heterocycles. The molecule has 1 heterocycles. The van der Waals surface area contributed by atoms with E-state index in [9.17, 15) is 13.2 Å². The third-order valence-electron chi connectivity index (χ3n) is 4.22. The third-order valence-corrected chi connectivity index (χ3v) is 5.85. The summed E-state index contributed by atoms with van der Waals surface area (Å²) >= 11 is 0. The summed E-state index contributed by atoms with van der Waals surface area (Å²) in [5, 5.41) is -1.12. The maximum Gasteiger partial charge on any atom is 0.313 e. The van der Waals surface area contributed by atoms with Crippen LogP contribution in [0.4, 0.5) is 5.69 Å². The van der Waals surface area contributed by atoms with Gasteiger partial charge in [-0.2, -0.15) is 0 Å². The van der Waals surface area contributed by atoms with E-state index in [2.05, 4.69) is 15.6 Å². The minimum absolute atomic E-state index is 0.177. The zero-order valence-corrected chi connectivity index (χ0v) is 16.2. The van der Waals surface area contributed by atoms with E-state index in [4.69, 9.17) is 9.47 Å². The highest BCUT2D eigenvalue weighted by Gasteiger charge is 2.42. The number of esters is 1. The average Bonchev–Trinajstić information content (AvgIpc) is 3.19. The molecule has 3 N–H and O–H groups in total. The van der Waals surface area contributed by atoms with E-state index >= 15 is 0 Å². The second kappa shape index (κ2) is 9.05. The van der Waals surface area contributed by atoms with E-state index in [1.54, 1.807) is 31.2 Å². The number of benzene rings is 2. The zero-order valence-electron chi connectivity index (χ0n) is 15.4. The molecule has 1 aliphatic heterocycles. The van der Waals surface area contributed by atoms with Crippen molar-refractivity contribution in [2.45, 2.75) is 18.9 Å². The minimum atomic E-state index is -3.86. The van der Waals surface area contributed by atoms with E-state index in [-0.39, 0.29) is 13.2 Å². The molecular weight excluding hydrogens is 382 g/mol. The fraction of sp³-hybridized carbons (Fsp3) is 0.316. The molecule has 2 atom stereocenters. The number of ether oxygens (including phenoxy) is 2. The van der Waals surface area contributed by atoms with Crippen molar-refractivity contribution in [3.05, 3.63) is 60.2 Å². The number of anilines is 1. The van der Waals surface area contributed by atoms with Crippen LogP contribution in [-0.2, 0) is 26.2 Å². The molecule has 0 amide bonds. The average molecular weight is 405 g/mol. The summed E-state index contributed by atoms with van der Waals surface area (Å²) in [7, 11) is -3.86. The maximum absolute atomic E-state index is 12.7. The number of hydrogen-bond acceptors (Lipinski definition) is 7. The van der Waals surface area contributed by atoms with Crippen molar-refractivity contribution in [2.75, 3.05) is 17.9 Å². The predicted molar refractivity (Wildman–Crippen MR) is 105 cm³/mol. The van der Waals surface area contributed by atoms with Gasteiger partial charge in [-0.25, -0.2) is 13.8 Å². The summed E-state index contributed by atoms with van der Waals surface area (Å²) in [5.41, 5.74) is 6.75. The molecule has 0 aliphatic carbocycles. The Morgan fingerprint density at radius 1 is 1.14 bits per heavy atom. The lowest BCUT2D eigenvalue weighted by atomic mass is 10.2. The molecular formula is C19H23N3O5S. The molecule has 0 bridgehead atoms. The Morgan fingerprint density at radius 2 is 1.86 bits per heavy atom. The topological polar surface area (TPSA) is 106 Å². The van der Waals surface area contributed by atoms with Crippen molar-refractivity contribution in [2.24, 2.45) is 5.92 Å². The second-order valence-corrected chi connectivity index (χ2v) is 8.05. The molecule has 1 saturated heterocycles. The Balaban J connectivity index is 1.61. The van der Waals surface area contributed by atoms with Crippen LogP contribution in [0, 0.1) is 5.92 Å². The lowest BCUT2D eigenvalue weighted by molar-refractivity contribution is -0.147. The van der Waals surface area contributed by atoms with Gasteiger partial charge < -0.3 is 9.47 Å². The highest BCUT2D eigenvalue weighted by atomic mass is 32.2. The van der Waals surface area contributed by atoms with E-state index < -0.39 is 27.3 Å². The lowest BCUT2D eigenvalue weighted by Crippen LogP contribution is -2.44. The molecule has 0 saturated carbocycles. The van der Waals surface area contributed by atoms with Gasteiger partial charge in [0.25, 0.3) is 10.0 Å². The number of nitrogens with one attached hydrogen (secondary N) is 3. The van der Waals surface area contributed by atoms with Gasteiger partial charge in [0.1, 0.15) is 18.3 Å². The van der Waals surface area contributed by atoms with Gasteiger partial charge in [0.2, 0.25) is 0 Å². The van der Waals surface area contributed by atoms with Crippen LogP contribution < -0.4 is 20.3 Å². The Hall–Kier alpha value is -2.62. The molecule has 150 valence electrons. The molecule has 0 radical (unpaired) electrons. The van der Waals surface area contributed by atoms with E-state index in [1.807, 2.05) is 30.3 Å². The summed E-state index contributed by atoms with van der Waals surface area (Å²) in [6.07, 6.45) is 0. The van der Waals surface area contributed by atoms with Gasteiger partial charge in [-0.15, -0.1) is 0 Å². The first-order valence-corrected chi connectivity index (χ1v) is 10.5. The molecule has 8 nitrogen and oxygen atoms in total. The quantitative estimate of drug-likeness (QED) is 0.573. The van der Waals surface area contributed by atoms with E-state index in [0.717, 1.165) is 5.56 Å². The Kier molecular flexibility index (Phi) is 6.50. The molecule has 1 aliphatic rings. The van der Waals surface area contributed by atoms with Crippen LogP contribution in [0.2, 0.25) is 0 Å². The SMILES string of the molecule is CCOC(=O)C1CNNC1S(=O)(=O)Nc1ccc(OCc2ccccc2)cc1. The van der Waals surface area contributed by atoms with Crippen molar-refractivity contribution in [1.82, 2.24) is 10.9 Å². The van der Waals surface area contributed by atoms with Crippen LogP contribution in [0.1, 0.15) is 12.5 Å². The van der Waals surface area contributed by atoms with Gasteiger partial charge in [-0.3, -0.25) is 14.9 Å². The van der Waals surface area contributed by atoms with Gasteiger partial charge >= 0.3 is 5.97 Å². The summed E-state index contributed by atoms with van der Waals surface area (Å²) < 4.78 is 38.5. The fourth-order valence-corrected chi connectivity index (χ4v) is 4.28. The number of hydrogen-bond donors (Lipinski definition) is 3. The Bertz CT molecular complexity index is 888. The van der Waals surface area contributed by atoms with Crippen LogP contribution in [-0.4, -0.2) is 32.9 Å². The summed E-state index contributed by atoms with van der Waals surface area (Å²) in [6, 6.07) is 16.3. The number of carbonyl (C=O) groups is 1. The lowest BCUT2D eigenvalue weighted by Gasteiger charge is -2.18. The molecule has 9 heteroatoms. The van der Waals surface area contributed by atoms with Crippen LogP contribution in [0.25, 0.3) is 0 Å². The first-order chi connectivity index (χ1) is 13.5. The minimum Gasteiger partial charge on any atom is -0.489 e. The predicted octanol–water partition coefficient (Wildman–Crippen LogP) is 1.62. The molecule has 2 aromatic rings. The molecule has 2 unspecified atom stereocenters. The molecule has 0 spiro atoms. The molecule has 3 rings (SSSR count). The highest BCUT2D eigenvalue weighted by Crippen LogP contribution is 2.22. The van der Waals surface area contributed by atoms with Gasteiger partial charge in [-0.1, -0.05) is 30.3 Å². The standard InChI is InChI=1S/C19H23N3O5S/c1-2-26-19(23)17-12-20-21-18(17)28(24,25)22-15-8-10-16(11-9-15)27-13-14-6-4-3-5-7-14/h3-11,17-18,20-22H,2,12-13H2,1H3. The van der Waals surface area contributed by atoms with Crippen LogP contribution in [0.15, 0.2) is 54.6 Å². The monoisotopic (exact) mass is 405 g/mol. The number of rotatable bonds is 8. The number of carbonyl (C=O) groups excluding carboxylic acids is 1. The highest BCUT2D eigenvalue weighted by molar-refractivity contribution is 7.93. The van der Waals surface area contributed by atoms with Gasteiger partial charge in [0.05, 0.1) is 6.61 Å². The number of hydrazine groups is 1. The molecule has 1 fully saturated rings. The van der Waals surface area contributed by atoms with Crippen molar-refractivity contribution in [1.29, 1.82) is 0 Å². The molecule has 2 aromatic carbocycles. The van der Waals surface area contributed by atoms with Crippen LogP contribution in [0.5, 0.6) is 5.75 Å². The third kappa shape index (κ3) is 5.00. The number of sulfonamides is 1. The Labute approximate surface area is 164 Å². The fourth-order valence-electron chi connectivity index (χ4n) is 2.82. The summed E-state index contributed by atoms with van der Waals surface area (Å²) in [5.74, 6) is -0.761. The van der Waals surface area contributed by atoms with Crippen molar-refractivity contribution in [3.63, 3.8) is 0 Å². The van der Waals surface area contributed by atoms with E-state index in [0.29, 0.717) is 18.0 Å². The normalized spacial score (nSPS) is 19.2. The van der Waals surface area contributed by atoms with Gasteiger partial charge in [-0.05, 0) is 36.8 Å². The van der Waals surface area contributed by atoms with Gasteiger partial charge in [0.15, 0.2) is 5.37 Å². The van der Waals surface area contributed by atoms with Crippen molar-refractivity contribution >= 4 is 21.7 Å². The van der Waals surface area contributed by atoms with E-state index in [1.165, 1.54) is 0 Å². The zero-order chi connectivity index (χ0) is 20.0. The van der Waals surface area contributed by atoms with Gasteiger partial charge in [0, 0.05) is 12.2 Å². The van der Waals surface area contributed by atoms with Crippen LogP contribution >= 0.6 is 0 Å². The maximum atomic E-state index is 12.7. The van der Waals surface area contributed by atoms with Crippen molar-refractivity contribution < 1.29 is 22.7 Å². The summed E-state index contributed by atoms with van der Waals surface area (Å²) in [6.45, 7) is 2.47. The largest absolute Gasteiger partial charge is 0.489 e.